The largest absolute Gasteiger partial charge is 0.497 e. The molecule has 2 heterocycles. The van der Waals surface area contributed by atoms with Crippen LogP contribution in [-0.2, 0) is 29.0 Å². The lowest BCUT2D eigenvalue weighted by molar-refractivity contribution is -0.191. The third-order valence-electron chi connectivity index (χ3n) is 11.3. The Morgan fingerprint density at radius 2 is 1.35 bits per heavy atom. The first-order valence-electron chi connectivity index (χ1n) is 19.0. The fourth-order valence-corrected chi connectivity index (χ4v) is 8.15. The van der Waals surface area contributed by atoms with Crippen molar-refractivity contribution >= 4 is 26.2 Å². The lowest BCUT2D eigenvalue weighted by Crippen LogP contribution is -2.73. The zero-order valence-corrected chi connectivity index (χ0v) is 34.7. The number of esters is 1. The highest BCUT2D eigenvalue weighted by Crippen LogP contribution is 2.44. The Labute approximate surface area is 335 Å². The average Bonchev–Trinajstić information content (AvgIpc) is 3.59. The predicted molar refractivity (Wildman–Crippen MR) is 215 cm³/mol. The van der Waals surface area contributed by atoms with Gasteiger partial charge >= 0.3 is 12.0 Å². The van der Waals surface area contributed by atoms with Crippen molar-refractivity contribution in [1.29, 1.82) is 0 Å². The maximum absolute atomic E-state index is 13.8. The van der Waals surface area contributed by atoms with Gasteiger partial charge in [0.1, 0.15) is 35.5 Å². The van der Waals surface area contributed by atoms with Gasteiger partial charge in [0.15, 0.2) is 20.1 Å². The first-order valence-corrected chi connectivity index (χ1v) is 21.9. The van der Waals surface area contributed by atoms with Gasteiger partial charge in [-0.2, -0.15) is 0 Å². The molecule has 4 aromatic carbocycles. The summed E-state index contributed by atoms with van der Waals surface area (Å²) in [6.07, 6.45) is -4.39. The quantitative estimate of drug-likeness (QED) is 0.0825. The molecular weight excluding hydrogens is 745 g/mol. The van der Waals surface area contributed by atoms with Gasteiger partial charge in [-0.05, 0) is 78.1 Å². The van der Waals surface area contributed by atoms with Crippen molar-refractivity contribution < 1.29 is 47.6 Å². The van der Waals surface area contributed by atoms with Crippen molar-refractivity contribution in [2.75, 3.05) is 20.8 Å². The molecule has 2 aliphatic rings. The smallest absolute Gasteiger partial charge is 0.338 e. The van der Waals surface area contributed by atoms with E-state index >= 15 is 0 Å². The van der Waals surface area contributed by atoms with Gasteiger partial charge in [-0.1, -0.05) is 93.6 Å². The van der Waals surface area contributed by atoms with Crippen LogP contribution in [0, 0.1) is 0 Å². The van der Waals surface area contributed by atoms with E-state index in [1.54, 1.807) is 44.6 Å². The lowest BCUT2D eigenvalue weighted by atomic mass is 9.80. The van der Waals surface area contributed by atoms with Crippen LogP contribution in [-0.4, -0.2) is 87.3 Å². The van der Waals surface area contributed by atoms with Crippen LogP contribution in [0.5, 0.6) is 11.5 Å². The summed E-state index contributed by atoms with van der Waals surface area (Å²) in [6.45, 7) is 11.2. The molecule has 0 spiro atoms. The van der Waals surface area contributed by atoms with Gasteiger partial charge in [0.05, 0.1) is 26.4 Å². The van der Waals surface area contributed by atoms with Crippen LogP contribution in [0.1, 0.15) is 61.2 Å². The highest BCUT2D eigenvalue weighted by molar-refractivity contribution is 6.74. The zero-order chi connectivity index (χ0) is 41.2. The van der Waals surface area contributed by atoms with Gasteiger partial charge in [0.2, 0.25) is 0 Å². The van der Waals surface area contributed by atoms with Crippen LogP contribution in [0.15, 0.2) is 109 Å². The number of nitrogens with zero attached hydrogens (tertiary/aromatic N) is 1. The number of ether oxygens (including phenoxy) is 5. The highest BCUT2D eigenvalue weighted by Gasteiger charge is 2.58. The van der Waals surface area contributed by atoms with Crippen molar-refractivity contribution in [3.05, 3.63) is 131 Å². The van der Waals surface area contributed by atoms with E-state index < -0.39 is 62.1 Å². The summed E-state index contributed by atoms with van der Waals surface area (Å²) in [6, 6.07) is 32.7. The fourth-order valence-electron chi connectivity index (χ4n) is 6.89. The Morgan fingerprint density at radius 3 is 1.86 bits per heavy atom. The number of urea groups is 1. The number of benzene rings is 4. The second-order valence-electron chi connectivity index (χ2n) is 16.0. The summed E-state index contributed by atoms with van der Waals surface area (Å²) in [5, 5.41) is 13.6. The number of aliphatic hydroxyl groups is 1. The van der Waals surface area contributed by atoms with Crippen LogP contribution >= 0.6 is 0 Å². The van der Waals surface area contributed by atoms with Gasteiger partial charge in [-0.3, -0.25) is 15.0 Å². The summed E-state index contributed by atoms with van der Waals surface area (Å²) < 4.78 is 37.7. The van der Waals surface area contributed by atoms with Crippen LogP contribution < -0.4 is 14.8 Å². The SMILES string of the molecule is COc1ccc(C(OC[C@H]2O[C@@H](N3C(=O)NC(=O)[C@](C)(O)[C@@H]3O[Si](C)(C)C(C)(C)C)C[C@@H]2OC(=O)c2ccccc2)(c2ccccc2)c2ccc(OC)cc2)cc1. The molecule has 0 unspecified atom stereocenters. The monoisotopic (exact) mass is 796 g/mol. The van der Waals surface area contributed by atoms with Crippen molar-refractivity contribution in [2.45, 2.75) is 88.1 Å². The van der Waals surface area contributed by atoms with E-state index in [1.165, 1.54) is 11.8 Å². The van der Waals surface area contributed by atoms with Crippen molar-refractivity contribution in [1.82, 2.24) is 10.2 Å². The molecule has 0 bridgehead atoms. The fraction of sp³-hybridized carbons (Fsp3) is 0.386. The summed E-state index contributed by atoms with van der Waals surface area (Å²) >= 11 is 0. The summed E-state index contributed by atoms with van der Waals surface area (Å²) in [5.41, 5.74) is -0.677. The van der Waals surface area contributed by atoms with Crippen molar-refractivity contribution in [3.8, 4) is 11.5 Å². The molecule has 0 aliphatic carbocycles. The Hall–Kier alpha value is -5.05. The van der Waals surface area contributed by atoms with Crippen molar-refractivity contribution in [3.63, 3.8) is 0 Å². The molecule has 302 valence electrons. The van der Waals surface area contributed by atoms with Crippen LogP contribution in [0.4, 0.5) is 4.79 Å². The number of hydrogen-bond donors (Lipinski definition) is 2. The van der Waals surface area contributed by atoms with E-state index in [0.717, 1.165) is 16.7 Å². The first kappa shape index (κ1) is 41.6. The number of carbonyl (C=O) groups excluding carboxylic acids is 3. The molecule has 2 aliphatic heterocycles. The molecule has 3 amide bonds. The summed E-state index contributed by atoms with van der Waals surface area (Å²) in [5.74, 6) is -0.152. The number of imide groups is 1. The zero-order valence-electron chi connectivity index (χ0n) is 33.7. The van der Waals surface area contributed by atoms with Gasteiger partial charge in [0.25, 0.3) is 5.91 Å². The average molecular weight is 797 g/mol. The van der Waals surface area contributed by atoms with Crippen molar-refractivity contribution in [2.24, 2.45) is 0 Å². The number of amides is 3. The lowest BCUT2D eigenvalue weighted by Gasteiger charge is -2.50. The van der Waals surface area contributed by atoms with Crippen LogP contribution in [0.2, 0.25) is 18.1 Å². The third-order valence-corrected chi connectivity index (χ3v) is 15.7. The molecule has 2 saturated heterocycles. The van der Waals surface area contributed by atoms with Crippen LogP contribution in [0.3, 0.4) is 0 Å². The Balaban J connectivity index is 1.43. The normalized spacial score (nSPS) is 22.9. The summed E-state index contributed by atoms with van der Waals surface area (Å²) in [4.78, 5) is 41.9. The Morgan fingerprint density at radius 1 is 0.842 bits per heavy atom. The number of methoxy groups -OCH3 is 2. The second kappa shape index (κ2) is 16.4. The number of nitrogens with one attached hydrogen (secondary N) is 1. The van der Waals surface area contributed by atoms with Crippen LogP contribution in [0.25, 0.3) is 0 Å². The topological polar surface area (TPSA) is 142 Å². The summed E-state index contributed by atoms with van der Waals surface area (Å²) in [7, 11) is 0.481. The van der Waals surface area contributed by atoms with Gasteiger partial charge < -0.3 is 33.2 Å². The minimum absolute atomic E-state index is 0.00887. The molecule has 12 nitrogen and oxygen atoms in total. The minimum atomic E-state index is -2.72. The Bertz CT molecular complexity index is 1970. The molecular formula is C44H52N2O10Si. The van der Waals surface area contributed by atoms with E-state index in [9.17, 15) is 19.5 Å². The maximum Gasteiger partial charge on any atom is 0.338 e. The molecule has 4 aromatic rings. The molecule has 2 fully saturated rings. The van der Waals surface area contributed by atoms with Gasteiger partial charge in [-0.25, -0.2) is 9.59 Å². The minimum Gasteiger partial charge on any atom is -0.497 e. The standard InChI is InChI=1S/C44H52N2O10Si/c1-42(2,3)57(7,8)56-40-43(4,50)39(48)45-41(49)46(40)37-27-35(55-38(47)29-15-11-9-12-16-29)36(54-37)28-53-44(30-17-13-10-14-18-30,31-19-23-33(51-5)24-20-31)32-21-25-34(52-6)26-22-32/h9-26,35-37,40,50H,27-28H2,1-8H3,(H,45,48,49)/t35-,36+,37+,40-,43-/m0/s1. The molecule has 5 atom stereocenters. The second-order valence-corrected chi connectivity index (χ2v) is 20.8. The highest BCUT2D eigenvalue weighted by atomic mass is 28.4. The molecule has 13 heteroatoms. The van der Waals surface area contributed by atoms with E-state index in [-0.39, 0.29) is 18.1 Å². The molecule has 0 aromatic heterocycles. The molecule has 0 saturated carbocycles. The van der Waals surface area contributed by atoms with E-state index in [1.807, 2.05) is 113 Å². The Kier molecular flexibility index (Phi) is 12.0. The van der Waals surface area contributed by atoms with Gasteiger partial charge in [0, 0.05) is 6.42 Å². The molecule has 57 heavy (non-hydrogen) atoms. The van der Waals surface area contributed by atoms with E-state index in [0.29, 0.717) is 17.1 Å². The number of rotatable bonds is 13. The van der Waals surface area contributed by atoms with E-state index in [4.69, 9.17) is 28.1 Å². The third kappa shape index (κ3) is 8.34. The number of carbonyl (C=O) groups is 3. The van der Waals surface area contributed by atoms with Gasteiger partial charge in [-0.15, -0.1) is 0 Å². The number of hydrogen-bond acceptors (Lipinski definition) is 10. The van der Waals surface area contributed by atoms with E-state index in [2.05, 4.69) is 5.32 Å². The first-order chi connectivity index (χ1) is 27.0. The maximum atomic E-state index is 13.8. The molecule has 0 radical (unpaired) electrons. The predicted octanol–water partition coefficient (Wildman–Crippen LogP) is 7.00. The molecule has 2 N–H and O–H groups in total. The molecule has 6 rings (SSSR count).